The highest BCUT2D eigenvalue weighted by Crippen LogP contribution is 2.29. The van der Waals surface area contributed by atoms with Gasteiger partial charge in [-0.3, -0.25) is 9.69 Å². The van der Waals surface area contributed by atoms with E-state index in [1.54, 1.807) is 13.2 Å². The third-order valence-electron chi connectivity index (χ3n) is 5.14. The zero-order chi connectivity index (χ0) is 19.5. The molecule has 1 amide bonds. The van der Waals surface area contributed by atoms with Gasteiger partial charge < -0.3 is 9.73 Å². The van der Waals surface area contributed by atoms with E-state index >= 15 is 0 Å². The molecule has 1 aromatic carbocycles. The van der Waals surface area contributed by atoms with Crippen molar-refractivity contribution in [2.75, 3.05) is 13.1 Å². The molecule has 28 heavy (non-hydrogen) atoms. The molecule has 1 fully saturated rings. The van der Waals surface area contributed by atoms with Gasteiger partial charge in [-0.1, -0.05) is 29.8 Å². The minimum absolute atomic E-state index is 0.00935. The molecule has 6 nitrogen and oxygen atoms in total. The minimum atomic E-state index is 0.00935. The Bertz CT molecular complexity index is 920. The number of nitrogens with zero attached hydrogens (tertiary/aromatic N) is 3. The molecule has 2 aromatic heterocycles. The van der Waals surface area contributed by atoms with Crippen molar-refractivity contribution in [2.45, 2.75) is 32.4 Å². The number of aromatic nitrogens is 2. The quantitative estimate of drug-likeness (QED) is 0.741. The molecule has 2 atom stereocenters. The second-order valence-electron chi connectivity index (χ2n) is 7.41. The first-order chi connectivity index (χ1) is 13.6. The lowest BCUT2D eigenvalue weighted by Crippen LogP contribution is -2.38. The lowest BCUT2D eigenvalue weighted by atomic mass is 9.93. The van der Waals surface area contributed by atoms with E-state index in [0.29, 0.717) is 11.6 Å². The van der Waals surface area contributed by atoms with Crippen molar-refractivity contribution in [1.82, 2.24) is 20.2 Å². The topological polar surface area (TPSA) is 71.3 Å². The smallest absolute Gasteiger partial charge is 0.217 e. The molecule has 144 valence electrons. The molecule has 1 N–H and O–H groups in total. The van der Waals surface area contributed by atoms with Crippen LogP contribution >= 0.6 is 0 Å². The second kappa shape index (κ2) is 7.94. The molecule has 1 aliphatic rings. The Labute approximate surface area is 164 Å². The summed E-state index contributed by atoms with van der Waals surface area (Å²) in [6.07, 6.45) is 5.30. The molecule has 0 aliphatic carbocycles. The summed E-state index contributed by atoms with van der Waals surface area (Å²) in [7, 11) is 0. The highest BCUT2D eigenvalue weighted by atomic mass is 16.3. The Morgan fingerprint density at radius 3 is 2.57 bits per heavy atom. The third kappa shape index (κ3) is 4.12. The first-order valence-corrected chi connectivity index (χ1v) is 9.49. The maximum absolute atomic E-state index is 11.7. The first-order valence-electron chi connectivity index (χ1n) is 9.49. The molecule has 3 heterocycles. The van der Waals surface area contributed by atoms with Crippen molar-refractivity contribution in [3.8, 4) is 11.6 Å². The van der Waals surface area contributed by atoms with Gasteiger partial charge in [0.05, 0.1) is 6.26 Å². The normalized spacial score (nSPS) is 19.6. The van der Waals surface area contributed by atoms with Gasteiger partial charge in [0, 0.05) is 56.5 Å². The largest absolute Gasteiger partial charge is 0.461 e. The van der Waals surface area contributed by atoms with Crippen molar-refractivity contribution in [1.29, 1.82) is 0 Å². The predicted octanol–water partition coefficient (Wildman–Crippen LogP) is 3.15. The van der Waals surface area contributed by atoms with Crippen LogP contribution in [-0.4, -0.2) is 39.9 Å². The molecule has 0 spiro atoms. The predicted molar refractivity (Wildman–Crippen MR) is 107 cm³/mol. The molecular formula is C22H24N4O2. The number of carbonyl (C=O) groups is 1. The maximum Gasteiger partial charge on any atom is 0.217 e. The van der Waals surface area contributed by atoms with Crippen LogP contribution in [0, 0.1) is 6.92 Å². The Morgan fingerprint density at radius 2 is 1.93 bits per heavy atom. The molecule has 0 bridgehead atoms. The lowest BCUT2D eigenvalue weighted by molar-refractivity contribution is -0.119. The van der Waals surface area contributed by atoms with Crippen LogP contribution in [-0.2, 0) is 11.3 Å². The van der Waals surface area contributed by atoms with Crippen molar-refractivity contribution in [2.24, 2.45) is 0 Å². The number of amides is 1. The van der Waals surface area contributed by atoms with Crippen LogP contribution in [0.5, 0.6) is 0 Å². The van der Waals surface area contributed by atoms with Gasteiger partial charge in [-0.2, -0.15) is 0 Å². The summed E-state index contributed by atoms with van der Waals surface area (Å²) in [6.45, 7) is 6.10. The average molecular weight is 376 g/mol. The Hall–Kier alpha value is -2.99. The van der Waals surface area contributed by atoms with Crippen molar-refractivity contribution < 1.29 is 9.21 Å². The first kappa shape index (κ1) is 18.4. The van der Waals surface area contributed by atoms with E-state index in [2.05, 4.69) is 51.4 Å². The van der Waals surface area contributed by atoms with Crippen LogP contribution < -0.4 is 5.32 Å². The molecule has 0 saturated carbocycles. The molecule has 6 heteroatoms. The Balaban J connectivity index is 1.47. The molecule has 1 saturated heterocycles. The van der Waals surface area contributed by atoms with E-state index in [9.17, 15) is 4.79 Å². The summed E-state index contributed by atoms with van der Waals surface area (Å²) in [5.41, 5.74) is 3.54. The van der Waals surface area contributed by atoms with Gasteiger partial charge in [0.15, 0.2) is 11.6 Å². The fourth-order valence-electron chi connectivity index (χ4n) is 3.80. The van der Waals surface area contributed by atoms with Gasteiger partial charge in [0.1, 0.15) is 0 Å². The van der Waals surface area contributed by atoms with Crippen LogP contribution in [0.15, 0.2) is 59.5 Å². The molecule has 3 aromatic rings. The number of hydrogen-bond acceptors (Lipinski definition) is 5. The molecule has 0 unspecified atom stereocenters. The number of benzene rings is 1. The zero-order valence-corrected chi connectivity index (χ0v) is 16.1. The van der Waals surface area contributed by atoms with E-state index in [1.807, 2.05) is 24.5 Å². The third-order valence-corrected chi connectivity index (χ3v) is 5.14. The summed E-state index contributed by atoms with van der Waals surface area (Å²) >= 11 is 0. The average Bonchev–Trinajstić information content (AvgIpc) is 3.33. The Kier molecular flexibility index (Phi) is 5.21. The summed E-state index contributed by atoms with van der Waals surface area (Å²) in [5.74, 6) is 1.53. The minimum Gasteiger partial charge on any atom is -0.461 e. The highest BCUT2D eigenvalue weighted by Gasteiger charge is 2.34. The van der Waals surface area contributed by atoms with E-state index in [4.69, 9.17) is 4.42 Å². The molecular weight excluding hydrogens is 352 g/mol. The second-order valence-corrected chi connectivity index (χ2v) is 7.41. The van der Waals surface area contributed by atoms with E-state index in [0.717, 1.165) is 25.2 Å². The van der Waals surface area contributed by atoms with Crippen LogP contribution in [0.3, 0.4) is 0 Å². The molecule has 0 radical (unpaired) electrons. The van der Waals surface area contributed by atoms with Crippen molar-refractivity contribution >= 4 is 5.91 Å². The van der Waals surface area contributed by atoms with Gasteiger partial charge in [0.2, 0.25) is 5.91 Å². The number of carbonyl (C=O) groups excluding carboxylic acids is 1. The number of aryl methyl sites for hydroxylation is 1. The maximum atomic E-state index is 11.7. The zero-order valence-electron chi connectivity index (χ0n) is 16.1. The summed E-state index contributed by atoms with van der Waals surface area (Å²) < 4.78 is 5.34. The van der Waals surface area contributed by atoms with Crippen molar-refractivity contribution in [3.05, 3.63) is 71.7 Å². The fourth-order valence-corrected chi connectivity index (χ4v) is 3.80. The summed E-state index contributed by atoms with van der Waals surface area (Å²) in [6, 6.07) is 12.4. The summed E-state index contributed by atoms with van der Waals surface area (Å²) in [4.78, 5) is 22.9. The van der Waals surface area contributed by atoms with Crippen LogP contribution in [0.2, 0.25) is 0 Å². The van der Waals surface area contributed by atoms with Crippen LogP contribution in [0.1, 0.15) is 29.5 Å². The van der Waals surface area contributed by atoms with Gasteiger partial charge in [-0.25, -0.2) is 9.97 Å². The van der Waals surface area contributed by atoms with Crippen LogP contribution in [0.4, 0.5) is 0 Å². The van der Waals surface area contributed by atoms with Crippen LogP contribution in [0.25, 0.3) is 11.6 Å². The van der Waals surface area contributed by atoms with Gasteiger partial charge in [0.25, 0.3) is 0 Å². The van der Waals surface area contributed by atoms with Gasteiger partial charge in [-0.05, 0) is 24.6 Å². The highest BCUT2D eigenvalue weighted by molar-refractivity contribution is 5.73. The fraction of sp³-hybridized carbons (Fsp3) is 0.318. The SMILES string of the molecule is CC(=O)N[C@@H]1CN(Cc2cnc(-c3ccco3)nc2)C[C@H]1c1ccc(C)cc1. The number of furan rings is 1. The number of nitrogens with one attached hydrogen (secondary N) is 1. The number of hydrogen-bond donors (Lipinski definition) is 1. The van der Waals surface area contributed by atoms with Gasteiger partial charge in [-0.15, -0.1) is 0 Å². The standard InChI is InChI=1S/C22H24N4O2/c1-15-5-7-18(8-6-15)19-13-26(14-20(19)25-16(2)27)12-17-10-23-22(24-11-17)21-4-3-9-28-21/h3-11,19-20H,12-14H2,1-2H3,(H,25,27)/t19-,20+/m0/s1. The molecule has 1 aliphatic heterocycles. The van der Waals surface area contributed by atoms with Crippen molar-refractivity contribution in [3.63, 3.8) is 0 Å². The lowest BCUT2D eigenvalue weighted by Gasteiger charge is -2.19. The molecule has 4 rings (SSSR count). The van der Waals surface area contributed by atoms with E-state index in [-0.39, 0.29) is 17.9 Å². The van der Waals surface area contributed by atoms with Gasteiger partial charge >= 0.3 is 0 Å². The van der Waals surface area contributed by atoms with E-state index < -0.39 is 0 Å². The number of likely N-dealkylation sites (tertiary alicyclic amines) is 1. The Morgan fingerprint density at radius 1 is 1.18 bits per heavy atom. The monoisotopic (exact) mass is 376 g/mol. The summed E-state index contributed by atoms with van der Waals surface area (Å²) in [5, 5.41) is 3.12. The van der Waals surface area contributed by atoms with E-state index in [1.165, 1.54) is 11.1 Å². The number of rotatable bonds is 5.